The Morgan fingerprint density at radius 3 is 2.52 bits per heavy atom. The Hall–Kier alpha value is -3.16. The lowest BCUT2D eigenvalue weighted by molar-refractivity contribution is -0.384. The van der Waals surface area contributed by atoms with Crippen molar-refractivity contribution < 1.29 is 9.31 Å². The van der Waals surface area contributed by atoms with E-state index in [1.807, 2.05) is 0 Å². The first kappa shape index (κ1) is 18.2. The number of guanidine groups is 1. The van der Waals surface area contributed by atoms with Gasteiger partial charge in [-0.05, 0) is 23.8 Å². The largest absolute Gasteiger partial charge is 0.378 e. The van der Waals surface area contributed by atoms with Crippen molar-refractivity contribution in [3.8, 4) is 0 Å². The van der Waals surface area contributed by atoms with Gasteiger partial charge in [0.2, 0.25) is 0 Å². The highest BCUT2D eigenvalue weighted by atomic mass is 19.1. The van der Waals surface area contributed by atoms with Crippen molar-refractivity contribution in [2.45, 2.75) is 6.54 Å². The molecular weight excluding hydrogens is 325 g/mol. The number of nitro benzene ring substituents is 1. The van der Waals surface area contributed by atoms with Crippen LogP contribution in [0.2, 0.25) is 0 Å². The first-order chi connectivity index (χ1) is 12.1. The van der Waals surface area contributed by atoms with Crippen LogP contribution in [0.4, 0.5) is 15.8 Å². The van der Waals surface area contributed by atoms with Crippen molar-refractivity contribution in [1.82, 2.24) is 10.6 Å². The number of hydrogen-bond acceptors (Lipinski definition) is 4. The molecule has 2 rings (SSSR count). The molecule has 0 fully saturated rings. The molecule has 0 heterocycles. The monoisotopic (exact) mass is 345 g/mol. The van der Waals surface area contributed by atoms with E-state index in [2.05, 4.69) is 20.9 Å². The number of nitrogens with one attached hydrogen (secondary N) is 3. The van der Waals surface area contributed by atoms with Crippen LogP contribution >= 0.6 is 0 Å². The van der Waals surface area contributed by atoms with Crippen LogP contribution < -0.4 is 16.0 Å². The van der Waals surface area contributed by atoms with Gasteiger partial charge in [-0.3, -0.25) is 15.1 Å². The Morgan fingerprint density at radius 1 is 1.12 bits per heavy atom. The maximum atomic E-state index is 12.9. The van der Waals surface area contributed by atoms with E-state index in [0.29, 0.717) is 31.3 Å². The molecule has 25 heavy (non-hydrogen) atoms. The fraction of sp³-hybridized carbons (Fsp3) is 0.235. The van der Waals surface area contributed by atoms with E-state index in [1.54, 1.807) is 37.4 Å². The van der Waals surface area contributed by atoms with E-state index >= 15 is 0 Å². The maximum Gasteiger partial charge on any atom is 0.292 e. The molecule has 0 aliphatic rings. The van der Waals surface area contributed by atoms with Gasteiger partial charge in [0.05, 0.1) is 4.92 Å². The molecule has 0 saturated heterocycles. The molecule has 0 spiro atoms. The molecule has 3 N–H and O–H groups in total. The summed E-state index contributed by atoms with van der Waals surface area (Å²) >= 11 is 0. The summed E-state index contributed by atoms with van der Waals surface area (Å²) in [5, 5.41) is 20.2. The third-order valence-corrected chi connectivity index (χ3v) is 3.43. The molecule has 2 aromatic carbocycles. The van der Waals surface area contributed by atoms with Gasteiger partial charge in [-0.15, -0.1) is 0 Å². The van der Waals surface area contributed by atoms with E-state index in [-0.39, 0.29) is 11.5 Å². The maximum absolute atomic E-state index is 12.9. The van der Waals surface area contributed by atoms with E-state index in [9.17, 15) is 14.5 Å². The van der Waals surface area contributed by atoms with Crippen LogP contribution in [0.15, 0.2) is 53.5 Å². The number of nitrogens with zero attached hydrogens (tertiary/aromatic N) is 2. The van der Waals surface area contributed by atoms with Crippen LogP contribution in [0.3, 0.4) is 0 Å². The summed E-state index contributed by atoms with van der Waals surface area (Å²) < 4.78 is 12.9. The normalized spacial score (nSPS) is 11.0. The Balaban J connectivity index is 1.76. The molecule has 132 valence electrons. The van der Waals surface area contributed by atoms with Crippen molar-refractivity contribution in [3.05, 3.63) is 70.0 Å². The molecule has 0 aliphatic heterocycles. The second kappa shape index (κ2) is 9.21. The topological polar surface area (TPSA) is 91.6 Å². The fourth-order valence-electron chi connectivity index (χ4n) is 2.17. The molecule has 7 nitrogen and oxygen atoms in total. The summed E-state index contributed by atoms with van der Waals surface area (Å²) in [4.78, 5) is 14.6. The minimum absolute atomic E-state index is 0.0429. The Morgan fingerprint density at radius 2 is 1.84 bits per heavy atom. The highest BCUT2D eigenvalue weighted by molar-refractivity contribution is 5.79. The van der Waals surface area contributed by atoms with Crippen molar-refractivity contribution in [2.24, 2.45) is 4.99 Å². The molecular formula is C17H20FN5O2. The van der Waals surface area contributed by atoms with Crippen molar-refractivity contribution in [2.75, 3.05) is 25.5 Å². The minimum Gasteiger partial charge on any atom is -0.378 e. The molecule has 0 unspecified atom stereocenters. The quantitative estimate of drug-likeness (QED) is 0.236. The lowest BCUT2D eigenvalue weighted by Crippen LogP contribution is -2.39. The number of hydrogen-bond donors (Lipinski definition) is 3. The summed E-state index contributed by atoms with van der Waals surface area (Å²) in [6.45, 7) is 1.52. The number of benzene rings is 2. The molecule has 0 aliphatic carbocycles. The van der Waals surface area contributed by atoms with Gasteiger partial charge in [-0.1, -0.05) is 24.3 Å². The highest BCUT2D eigenvalue weighted by Gasteiger charge is 2.11. The SMILES string of the molecule is CN=C(NCCNc1ccccc1[N+](=O)[O-])NCc1ccc(F)cc1. The number of rotatable bonds is 7. The summed E-state index contributed by atoms with van der Waals surface area (Å²) in [5.74, 6) is 0.320. The Labute approximate surface area is 145 Å². The number of halogens is 1. The fourth-order valence-corrected chi connectivity index (χ4v) is 2.17. The zero-order chi connectivity index (χ0) is 18.1. The summed E-state index contributed by atoms with van der Waals surface area (Å²) in [7, 11) is 1.65. The minimum atomic E-state index is -0.418. The summed E-state index contributed by atoms with van der Waals surface area (Å²) in [6, 6.07) is 12.7. The Kier molecular flexibility index (Phi) is 6.70. The molecule has 8 heteroatoms. The van der Waals surface area contributed by atoms with Gasteiger partial charge in [-0.2, -0.15) is 0 Å². The smallest absolute Gasteiger partial charge is 0.292 e. The molecule has 0 aromatic heterocycles. The second-order valence-corrected chi connectivity index (χ2v) is 5.18. The van der Waals surface area contributed by atoms with Gasteiger partial charge in [-0.25, -0.2) is 4.39 Å². The number of anilines is 1. The predicted molar refractivity (Wildman–Crippen MR) is 96.2 cm³/mol. The van der Waals surface area contributed by atoms with Crippen LogP contribution in [0.5, 0.6) is 0 Å². The van der Waals surface area contributed by atoms with E-state index in [4.69, 9.17) is 0 Å². The van der Waals surface area contributed by atoms with Crippen LogP contribution in [0, 0.1) is 15.9 Å². The van der Waals surface area contributed by atoms with Crippen molar-refractivity contribution in [3.63, 3.8) is 0 Å². The molecule has 2 aromatic rings. The van der Waals surface area contributed by atoms with Crippen LogP contribution in [-0.4, -0.2) is 31.0 Å². The van der Waals surface area contributed by atoms with E-state index in [0.717, 1.165) is 5.56 Å². The summed E-state index contributed by atoms with van der Waals surface area (Å²) in [5.41, 5.74) is 1.45. The van der Waals surface area contributed by atoms with Gasteiger partial charge >= 0.3 is 0 Å². The lowest BCUT2D eigenvalue weighted by atomic mass is 10.2. The van der Waals surface area contributed by atoms with Gasteiger partial charge < -0.3 is 16.0 Å². The van der Waals surface area contributed by atoms with E-state index in [1.165, 1.54) is 18.2 Å². The zero-order valence-electron chi connectivity index (χ0n) is 13.8. The zero-order valence-corrected chi connectivity index (χ0v) is 13.8. The average Bonchev–Trinajstić information content (AvgIpc) is 2.62. The molecule has 0 saturated carbocycles. The molecule has 0 atom stereocenters. The first-order valence-electron chi connectivity index (χ1n) is 7.76. The molecule has 0 amide bonds. The molecule has 0 bridgehead atoms. The van der Waals surface area contributed by atoms with Crippen LogP contribution in [0.1, 0.15) is 5.56 Å². The lowest BCUT2D eigenvalue weighted by Gasteiger charge is -2.13. The van der Waals surface area contributed by atoms with Gasteiger partial charge in [0.25, 0.3) is 5.69 Å². The third kappa shape index (κ3) is 5.76. The van der Waals surface area contributed by atoms with Crippen LogP contribution in [-0.2, 0) is 6.54 Å². The highest BCUT2D eigenvalue weighted by Crippen LogP contribution is 2.22. The number of para-hydroxylation sites is 2. The van der Waals surface area contributed by atoms with Gasteiger partial charge in [0.15, 0.2) is 5.96 Å². The standard InChI is InChI=1S/C17H20FN5O2/c1-19-17(22-12-13-6-8-14(18)9-7-13)21-11-10-20-15-4-2-3-5-16(15)23(24)25/h2-9,20H,10-12H2,1H3,(H2,19,21,22). The van der Waals surface area contributed by atoms with Crippen LogP contribution in [0.25, 0.3) is 0 Å². The predicted octanol–water partition coefficient (Wildman–Crippen LogP) is 2.51. The Bertz CT molecular complexity index is 734. The number of nitro groups is 1. The first-order valence-corrected chi connectivity index (χ1v) is 7.76. The number of aliphatic imine (C=N–C) groups is 1. The van der Waals surface area contributed by atoms with Gasteiger partial charge in [0.1, 0.15) is 11.5 Å². The average molecular weight is 345 g/mol. The van der Waals surface area contributed by atoms with Gasteiger partial charge in [0, 0.05) is 32.7 Å². The summed E-state index contributed by atoms with van der Waals surface area (Å²) in [6.07, 6.45) is 0. The second-order valence-electron chi connectivity index (χ2n) is 5.18. The van der Waals surface area contributed by atoms with E-state index < -0.39 is 4.92 Å². The van der Waals surface area contributed by atoms with Crippen molar-refractivity contribution in [1.29, 1.82) is 0 Å². The van der Waals surface area contributed by atoms with Crippen molar-refractivity contribution >= 4 is 17.3 Å². The third-order valence-electron chi connectivity index (χ3n) is 3.43. The molecule has 0 radical (unpaired) electrons.